The Labute approximate surface area is 130 Å². The molecule has 0 heterocycles. The molecule has 0 aromatic heterocycles. The first-order valence-electron chi connectivity index (χ1n) is 6.55. The highest BCUT2D eigenvalue weighted by Crippen LogP contribution is 2.26. The van der Waals surface area contributed by atoms with Crippen molar-refractivity contribution in [2.45, 2.75) is 25.9 Å². The van der Waals surface area contributed by atoms with E-state index in [2.05, 4.69) is 21.2 Å². The molecule has 0 aliphatic carbocycles. The van der Waals surface area contributed by atoms with Gasteiger partial charge in [0, 0.05) is 17.6 Å². The van der Waals surface area contributed by atoms with Gasteiger partial charge in [0.2, 0.25) is 0 Å². The lowest BCUT2D eigenvalue weighted by atomic mass is 10.0. The van der Waals surface area contributed by atoms with E-state index in [4.69, 9.17) is 0 Å². The Balaban J connectivity index is 2.18. The quantitative estimate of drug-likeness (QED) is 0.784. The van der Waals surface area contributed by atoms with E-state index in [0.29, 0.717) is 4.47 Å². The third-order valence-corrected chi connectivity index (χ3v) is 3.98. The zero-order valence-corrected chi connectivity index (χ0v) is 13.2. The van der Waals surface area contributed by atoms with Gasteiger partial charge in [-0.1, -0.05) is 12.1 Å². The maximum Gasteiger partial charge on any atom is 0.137 e. The van der Waals surface area contributed by atoms with Gasteiger partial charge in [0.25, 0.3) is 0 Å². The van der Waals surface area contributed by atoms with Crippen molar-refractivity contribution in [3.8, 4) is 0 Å². The lowest BCUT2D eigenvalue weighted by molar-refractivity contribution is 0.449. The molecule has 2 aromatic rings. The fraction of sp³-hybridized carbons (Fsp3) is 0.250. The van der Waals surface area contributed by atoms with Crippen LogP contribution in [0.3, 0.4) is 0 Å². The normalized spacial score (nSPS) is 14.0. The molecule has 0 fully saturated rings. The average molecular weight is 358 g/mol. The van der Waals surface area contributed by atoms with E-state index >= 15 is 0 Å². The van der Waals surface area contributed by atoms with Gasteiger partial charge in [-0.2, -0.15) is 0 Å². The van der Waals surface area contributed by atoms with E-state index in [0.717, 1.165) is 5.56 Å². The predicted molar refractivity (Wildman–Crippen MR) is 80.4 cm³/mol. The Morgan fingerprint density at radius 1 is 0.905 bits per heavy atom. The molecular weight excluding hydrogens is 343 g/mol. The van der Waals surface area contributed by atoms with Gasteiger partial charge in [-0.3, -0.25) is 0 Å². The van der Waals surface area contributed by atoms with Crippen LogP contribution in [0.4, 0.5) is 13.2 Å². The third kappa shape index (κ3) is 3.66. The molecule has 5 heteroatoms. The summed E-state index contributed by atoms with van der Waals surface area (Å²) < 4.78 is 41.1. The number of hydrogen-bond donors (Lipinski definition) is 1. The Hall–Kier alpha value is -1.33. The number of rotatable bonds is 4. The van der Waals surface area contributed by atoms with E-state index in [1.165, 1.54) is 24.3 Å². The van der Waals surface area contributed by atoms with E-state index in [1.54, 1.807) is 19.1 Å². The van der Waals surface area contributed by atoms with Crippen molar-refractivity contribution in [3.05, 3.63) is 69.4 Å². The summed E-state index contributed by atoms with van der Waals surface area (Å²) in [7, 11) is 0. The molecule has 112 valence electrons. The SMILES string of the molecule is CC(NC(C)c1c(F)cccc1F)c1ccc(F)c(Br)c1. The second kappa shape index (κ2) is 6.62. The maximum absolute atomic E-state index is 13.7. The lowest BCUT2D eigenvalue weighted by Gasteiger charge is -2.21. The zero-order chi connectivity index (χ0) is 15.6. The minimum atomic E-state index is -0.581. The van der Waals surface area contributed by atoms with Gasteiger partial charge >= 0.3 is 0 Å². The molecule has 0 spiro atoms. The van der Waals surface area contributed by atoms with Crippen molar-refractivity contribution in [1.82, 2.24) is 5.32 Å². The Morgan fingerprint density at radius 3 is 2.10 bits per heavy atom. The predicted octanol–water partition coefficient (Wildman–Crippen LogP) is 5.28. The van der Waals surface area contributed by atoms with Gasteiger partial charge in [0.15, 0.2) is 0 Å². The smallest absolute Gasteiger partial charge is 0.137 e. The number of hydrogen-bond acceptors (Lipinski definition) is 1. The summed E-state index contributed by atoms with van der Waals surface area (Å²) in [6, 6.07) is 7.75. The highest BCUT2D eigenvalue weighted by Gasteiger charge is 2.18. The van der Waals surface area contributed by atoms with Gasteiger partial charge in [0.05, 0.1) is 4.47 Å². The minimum absolute atomic E-state index is 0.00512. The first-order chi connectivity index (χ1) is 9.90. The monoisotopic (exact) mass is 357 g/mol. The van der Waals surface area contributed by atoms with Crippen molar-refractivity contribution in [1.29, 1.82) is 0 Å². The molecule has 1 N–H and O–H groups in total. The summed E-state index contributed by atoms with van der Waals surface area (Å²) in [4.78, 5) is 0. The summed E-state index contributed by atoms with van der Waals surface area (Å²) in [5.74, 6) is -1.51. The minimum Gasteiger partial charge on any atom is -0.303 e. The second-order valence-electron chi connectivity index (χ2n) is 4.92. The van der Waals surface area contributed by atoms with Crippen molar-refractivity contribution < 1.29 is 13.2 Å². The summed E-state index contributed by atoms with van der Waals surface area (Å²) in [6.07, 6.45) is 0. The maximum atomic E-state index is 13.7. The van der Waals surface area contributed by atoms with Gasteiger partial charge in [-0.15, -0.1) is 0 Å². The summed E-state index contributed by atoms with van der Waals surface area (Å²) in [5.41, 5.74) is 0.831. The van der Waals surface area contributed by atoms with E-state index < -0.39 is 17.7 Å². The van der Waals surface area contributed by atoms with Gasteiger partial charge in [-0.05, 0) is 59.6 Å². The number of halogens is 4. The third-order valence-electron chi connectivity index (χ3n) is 3.38. The average Bonchev–Trinajstić information content (AvgIpc) is 2.41. The first-order valence-corrected chi connectivity index (χ1v) is 7.34. The molecule has 2 unspecified atom stereocenters. The van der Waals surface area contributed by atoms with E-state index in [1.807, 2.05) is 6.92 Å². The summed E-state index contributed by atoms with van der Waals surface area (Å²) in [5, 5.41) is 3.12. The Morgan fingerprint density at radius 2 is 1.52 bits per heavy atom. The van der Waals surface area contributed by atoms with Crippen LogP contribution in [0.25, 0.3) is 0 Å². The second-order valence-corrected chi connectivity index (χ2v) is 5.77. The molecule has 0 saturated heterocycles. The standard InChI is InChI=1S/C16H15BrF3N/c1-9(11-6-7-13(18)12(17)8-11)21-10(2)16-14(19)4-3-5-15(16)20/h3-10,21H,1-2H3. The molecule has 0 aliphatic rings. The van der Waals surface area contributed by atoms with Crippen molar-refractivity contribution in [3.63, 3.8) is 0 Å². The van der Waals surface area contributed by atoms with Crippen LogP contribution in [0.1, 0.15) is 37.1 Å². The Bertz CT molecular complexity index is 625. The highest BCUT2D eigenvalue weighted by atomic mass is 79.9. The number of benzene rings is 2. The van der Waals surface area contributed by atoms with Crippen LogP contribution in [0.15, 0.2) is 40.9 Å². The molecular formula is C16H15BrF3N. The molecule has 0 saturated carbocycles. The molecule has 2 rings (SSSR count). The largest absolute Gasteiger partial charge is 0.303 e. The van der Waals surface area contributed by atoms with Crippen molar-refractivity contribution in [2.24, 2.45) is 0 Å². The summed E-state index contributed by atoms with van der Waals surface area (Å²) >= 11 is 3.13. The molecule has 2 atom stereocenters. The van der Waals surface area contributed by atoms with Crippen molar-refractivity contribution >= 4 is 15.9 Å². The Kier molecular flexibility index (Phi) is 5.06. The fourth-order valence-corrected chi connectivity index (χ4v) is 2.66. The topological polar surface area (TPSA) is 12.0 Å². The van der Waals surface area contributed by atoms with Crippen LogP contribution >= 0.6 is 15.9 Å². The van der Waals surface area contributed by atoms with Crippen LogP contribution < -0.4 is 5.32 Å². The zero-order valence-electron chi connectivity index (χ0n) is 11.6. The molecule has 0 amide bonds. The highest BCUT2D eigenvalue weighted by molar-refractivity contribution is 9.10. The van der Waals surface area contributed by atoms with Gasteiger partial charge in [-0.25, -0.2) is 13.2 Å². The van der Waals surface area contributed by atoms with Crippen LogP contribution in [0, 0.1) is 17.5 Å². The summed E-state index contributed by atoms with van der Waals surface area (Å²) in [6.45, 7) is 3.55. The molecule has 1 nitrogen and oxygen atoms in total. The van der Waals surface area contributed by atoms with Gasteiger partial charge < -0.3 is 5.32 Å². The van der Waals surface area contributed by atoms with Crippen LogP contribution in [0.2, 0.25) is 0 Å². The molecule has 21 heavy (non-hydrogen) atoms. The fourth-order valence-electron chi connectivity index (χ4n) is 2.26. The van der Waals surface area contributed by atoms with Crippen LogP contribution in [-0.4, -0.2) is 0 Å². The number of nitrogens with one attached hydrogen (secondary N) is 1. The molecule has 0 radical (unpaired) electrons. The molecule has 0 aliphatic heterocycles. The van der Waals surface area contributed by atoms with Crippen LogP contribution in [-0.2, 0) is 0 Å². The molecule has 2 aromatic carbocycles. The molecule has 0 bridgehead atoms. The van der Waals surface area contributed by atoms with Crippen molar-refractivity contribution in [2.75, 3.05) is 0 Å². The van der Waals surface area contributed by atoms with E-state index in [-0.39, 0.29) is 17.4 Å². The first kappa shape index (κ1) is 16.0. The van der Waals surface area contributed by atoms with Crippen LogP contribution in [0.5, 0.6) is 0 Å². The lowest BCUT2D eigenvalue weighted by Crippen LogP contribution is -2.24. The van der Waals surface area contributed by atoms with Gasteiger partial charge in [0.1, 0.15) is 17.5 Å². The van der Waals surface area contributed by atoms with E-state index in [9.17, 15) is 13.2 Å².